The number of anilines is 3. The molecule has 3 fully saturated rings. The van der Waals surface area contributed by atoms with Crippen molar-refractivity contribution in [2.45, 2.75) is 25.7 Å². The molecule has 0 bridgehead atoms. The topological polar surface area (TPSA) is 84.9 Å². The number of hydrogen-bond donors (Lipinski definition) is 1. The second-order valence-corrected chi connectivity index (χ2v) is 10.3. The number of nitrogens with zero attached hydrogens (tertiary/aromatic N) is 6. The Morgan fingerprint density at radius 2 is 1.74 bits per heavy atom. The van der Waals surface area contributed by atoms with Crippen molar-refractivity contribution < 1.29 is 14.0 Å². The molecule has 188 valence electrons. The number of rotatable bonds is 7. The zero-order valence-electron chi connectivity index (χ0n) is 19.9. The van der Waals surface area contributed by atoms with Crippen molar-refractivity contribution in [1.29, 1.82) is 0 Å². The molecule has 9 nitrogen and oxygen atoms in total. The highest BCUT2D eigenvalue weighted by Gasteiger charge is 2.29. The van der Waals surface area contributed by atoms with Crippen molar-refractivity contribution in [3.8, 4) is 0 Å². The molecule has 11 heteroatoms. The number of hydrogen-bond acceptors (Lipinski definition) is 8. The van der Waals surface area contributed by atoms with Crippen LogP contribution in [0.2, 0.25) is 0 Å². The minimum Gasteiger partial charge on any atom is -0.367 e. The summed E-state index contributed by atoms with van der Waals surface area (Å²) in [6.07, 6.45) is 3.02. The molecule has 3 saturated heterocycles. The highest BCUT2D eigenvalue weighted by molar-refractivity contribution is 7.19. The minimum atomic E-state index is -0.174. The van der Waals surface area contributed by atoms with Gasteiger partial charge in [0.25, 0.3) is 0 Å². The number of amides is 2. The predicted molar refractivity (Wildman–Crippen MR) is 134 cm³/mol. The summed E-state index contributed by atoms with van der Waals surface area (Å²) in [5, 5.41) is 13.1. The molecule has 0 saturated carbocycles. The third kappa shape index (κ3) is 5.56. The third-order valence-corrected chi connectivity index (χ3v) is 8.14. The van der Waals surface area contributed by atoms with Gasteiger partial charge in [0.1, 0.15) is 5.82 Å². The molecule has 0 spiro atoms. The van der Waals surface area contributed by atoms with Crippen molar-refractivity contribution in [3.05, 3.63) is 30.1 Å². The molecule has 0 unspecified atom stereocenters. The predicted octanol–water partition coefficient (Wildman–Crippen LogP) is 1.96. The fourth-order valence-corrected chi connectivity index (χ4v) is 5.97. The number of para-hydroxylation sites is 1. The van der Waals surface area contributed by atoms with Crippen molar-refractivity contribution in [2.75, 3.05) is 73.6 Å². The highest BCUT2D eigenvalue weighted by Crippen LogP contribution is 2.32. The van der Waals surface area contributed by atoms with Crippen LogP contribution in [0.3, 0.4) is 0 Å². The van der Waals surface area contributed by atoms with E-state index < -0.39 is 0 Å². The average Bonchev–Trinajstić information content (AvgIpc) is 3.54. The van der Waals surface area contributed by atoms with E-state index in [9.17, 15) is 14.0 Å². The van der Waals surface area contributed by atoms with Crippen molar-refractivity contribution in [1.82, 2.24) is 20.4 Å². The van der Waals surface area contributed by atoms with E-state index in [1.165, 1.54) is 17.4 Å². The van der Waals surface area contributed by atoms with Crippen molar-refractivity contribution in [2.24, 2.45) is 5.92 Å². The SMILES string of the molecule is O=C(NCCN1CCN(c2ccccc2F)CC1)C1CCN(c2nnc(N3CCCC3=O)s2)CC1. The Morgan fingerprint density at radius 1 is 1.00 bits per heavy atom. The van der Waals surface area contributed by atoms with E-state index in [0.717, 1.165) is 76.8 Å². The maximum atomic E-state index is 14.0. The summed E-state index contributed by atoms with van der Waals surface area (Å²) in [7, 11) is 0. The van der Waals surface area contributed by atoms with Gasteiger partial charge in [-0.05, 0) is 31.4 Å². The van der Waals surface area contributed by atoms with Gasteiger partial charge >= 0.3 is 0 Å². The Labute approximate surface area is 208 Å². The number of carbonyl (C=O) groups excluding carboxylic acids is 2. The van der Waals surface area contributed by atoms with Gasteiger partial charge in [0.2, 0.25) is 22.1 Å². The zero-order valence-corrected chi connectivity index (χ0v) is 20.7. The fourth-order valence-electron chi connectivity index (χ4n) is 5.03. The molecule has 1 aromatic heterocycles. The quantitative estimate of drug-likeness (QED) is 0.621. The summed E-state index contributed by atoms with van der Waals surface area (Å²) >= 11 is 1.46. The standard InChI is InChI=1S/C24H32FN7O2S/c25-19-4-1-2-5-20(19)30-16-14-29(15-17-30)13-9-26-22(34)18-7-11-31(12-8-18)23-27-28-24(35-23)32-10-3-6-21(32)33/h1-2,4-5,18H,3,6-17H2,(H,26,34). The lowest BCUT2D eigenvalue weighted by Gasteiger charge is -2.36. The second-order valence-electron chi connectivity index (χ2n) is 9.35. The van der Waals surface area contributed by atoms with Crippen LogP contribution in [0, 0.1) is 11.7 Å². The van der Waals surface area contributed by atoms with Crippen LogP contribution in [0.1, 0.15) is 25.7 Å². The number of piperazine rings is 1. The van der Waals surface area contributed by atoms with Gasteiger partial charge in [0.05, 0.1) is 5.69 Å². The zero-order chi connectivity index (χ0) is 24.2. The maximum absolute atomic E-state index is 14.0. The Bertz CT molecular complexity index is 1030. The van der Waals surface area contributed by atoms with Gasteiger partial charge in [-0.1, -0.05) is 23.5 Å². The summed E-state index contributed by atoms with van der Waals surface area (Å²) in [4.78, 5) is 32.9. The Hall–Kier alpha value is -2.79. The van der Waals surface area contributed by atoms with Crippen molar-refractivity contribution >= 4 is 39.1 Å². The van der Waals surface area contributed by atoms with Crippen LogP contribution in [-0.2, 0) is 9.59 Å². The summed E-state index contributed by atoms with van der Waals surface area (Å²) in [6.45, 7) is 6.96. The first kappa shape index (κ1) is 23.9. The highest BCUT2D eigenvalue weighted by atomic mass is 32.1. The summed E-state index contributed by atoms with van der Waals surface area (Å²) in [6, 6.07) is 6.91. The van der Waals surface area contributed by atoms with Gasteiger partial charge in [-0.25, -0.2) is 4.39 Å². The summed E-state index contributed by atoms with van der Waals surface area (Å²) in [5.41, 5.74) is 0.668. The number of aromatic nitrogens is 2. The first-order valence-corrected chi connectivity index (χ1v) is 13.3. The number of halogens is 1. The van der Waals surface area contributed by atoms with Crippen LogP contribution >= 0.6 is 11.3 Å². The van der Waals surface area contributed by atoms with Crippen molar-refractivity contribution in [3.63, 3.8) is 0 Å². The van der Waals surface area contributed by atoms with E-state index in [0.29, 0.717) is 23.8 Å². The molecule has 3 aliphatic rings. The molecular weight excluding hydrogens is 469 g/mol. The minimum absolute atomic E-state index is 0.0108. The van der Waals surface area contributed by atoms with Crippen LogP contribution in [0.25, 0.3) is 0 Å². The Morgan fingerprint density at radius 3 is 2.46 bits per heavy atom. The summed E-state index contributed by atoms with van der Waals surface area (Å²) < 4.78 is 14.0. The van der Waals surface area contributed by atoms with E-state index in [-0.39, 0.29) is 23.5 Å². The smallest absolute Gasteiger partial charge is 0.228 e. The monoisotopic (exact) mass is 501 g/mol. The molecule has 2 amide bonds. The molecular formula is C24H32FN7O2S. The third-order valence-electron chi connectivity index (χ3n) is 7.14. The largest absolute Gasteiger partial charge is 0.367 e. The number of carbonyl (C=O) groups is 2. The van der Waals surface area contributed by atoms with Crippen LogP contribution in [0.15, 0.2) is 24.3 Å². The number of nitrogens with one attached hydrogen (secondary N) is 1. The molecule has 5 rings (SSSR count). The van der Waals surface area contributed by atoms with Crippen LogP contribution in [0.5, 0.6) is 0 Å². The molecule has 0 radical (unpaired) electrons. The lowest BCUT2D eigenvalue weighted by Crippen LogP contribution is -2.49. The van der Waals surface area contributed by atoms with E-state index >= 15 is 0 Å². The number of benzene rings is 1. The Kier molecular flexibility index (Phi) is 7.43. The lowest BCUT2D eigenvalue weighted by atomic mass is 9.96. The van der Waals surface area contributed by atoms with Gasteiger partial charge in [-0.15, -0.1) is 10.2 Å². The van der Waals surface area contributed by atoms with E-state index in [1.807, 2.05) is 12.1 Å². The first-order chi connectivity index (χ1) is 17.1. The van der Waals surface area contributed by atoms with Crippen LogP contribution < -0.4 is 20.0 Å². The molecule has 3 aliphatic heterocycles. The Balaban J connectivity index is 1.01. The van der Waals surface area contributed by atoms with Gasteiger partial charge in [-0.3, -0.25) is 19.4 Å². The first-order valence-electron chi connectivity index (χ1n) is 12.5. The van der Waals surface area contributed by atoms with E-state index in [1.54, 1.807) is 11.0 Å². The molecule has 1 aromatic carbocycles. The van der Waals surface area contributed by atoms with Crippen LogP contribution in [0.4, 0.5) is 20.3 Å². The molecule has 1 N–H and O–H groups in total. The number of piperidine rings is 1. The molecule has 0 atom stereocenters. The average molecular weight is 502 g/mol. The molecule has 2 aromatic rings. The van der Waals surface area contributed by atoms with Gasteiger partial charge < -0.3 is 15.1 Å². The van der Waals surface area contributed by atoms with E-state index in [4.69, 9.17) is 0 Å². The molecule has 4 heterocycles. The summed E-state index contributed by atoms with van der Waals surface area (Å²) in [5.74, 6) is 0.0783. The normalized spacial score (nSPS) is 20.0. The van der Waals surface area contributed by atoms with Gasteiger partial charge in [0, 0.05) is 71.2 Å². The maximum Gasteiger partial charge on any atom is 0.228 e. The molecule has 0 aliphatic carbocycles. The van der Waals surface area contributed by atoms with Gasteiger partial charge in [-0.2, -0.15) is 0 Å². The molecule has 35 heavy (non-hydrogen) atoms. The second kappa shape index (κ2) is 10.9. The lowest BCUT2D eigenvalue weighted by molar-refractivity contribution is -0.125. The van der Waals surface area contributed by atoms with E-state index in [2.05, 4.69) is 30.2 Å². The van der Waals surface area contributed by atoms with Crippen LogP contribution in [-0.4, -0.2) is 85.8 Å². The fraction of sp³-hybridized carbons (Fsp3) is 0.583. The van der Waals surface area contributed by atoms with Gasteiger partial charge in [0.15, 0.2) is 0 Å².